The van der Waals surface area contributed by atoms with Gasteiger partial charge in [0.1, 0.15) is 18.2 Å². The monoisotopic (exact) mass is 366 g/mol. The van der Waals surface area contributed by atoms with Crippen LogP contribution in [0.25, 0.3) is 0 Å². The lowest BCUT2D eigenvalue weighted by molar-refractivity contribution is -1.92. The highest BCUT2D eigenvalue weighted by molar-refractivity contribution is 5.95. The molecule has 1 heterocycles. The van der Waals surface area contributed by atoms with Crippen molar-refractivity contribution in [3.63, 3.8) is 0 Å². The van der Waals surface area contributed by atoms with E-state index in [-0.39, 0.29) is 0 Å². The van der Waals surface area contributed by atoms with Crippen LogP contribution in [0, 0.1) is 24.1 Å². The number of nitrogens with zero attached hydrogens (tertiary/aromatic N) is 1. The zero-order chi connectivity index (χ0) is 19.1. The van der Waals surface area contributed by atoms with Crippen LogP contribution in [0.4, 0.5) is 0 Å². The van der Waals surface area contributed by atoms with Crippen molar-refractivity contribution >= 4 is 11.9 Å². The number of aromatic nitrogens is 1. The first-order valence-electron chi connectivity index (χ1n) is 6.91. The van der Waals surface area contributed by atoms with Crippen molar-refractivity contribution in [2.75, 3.05) is 13.2 Å². The molecule has 0 radical (unpaired) electrons. The van der Waals surface area contributed by atoms with Crippen molar-refractivity contribution in [3.05, 3.63) is 28.6 Å². The van der Waals surface area contributed by atoms with E-state index in [0.29, 0.717) is 24.3 Å². The topological polar surface area (TPSA) is 146 Å². The number of halogens is 1. The maximum atomic E-state index is 11.9. The summed E-state index contributed by atoms with van der Waals surface area (Å²) in [6.45, 7) is 7.71. The minimum Gasteiger partial charge on any atom is -0.462 e. The number of carbonyl (C=O) groups is 2. The average molecular weight is 367 g/mol. The Kier molecular flexibility index (Phi) is 8.80. The van der Waals surface area contributed by atoms with Gasteiger partial charge in [0.25, 0.3) is 0 Å². The van der Waals surface area contributed by atoms with Gasteiger partial charge in [0.2, 0.25) is 0 Å². The molecular weight excluding hydrogens is 346 g/mol. The van der Waals surface area contributed by atoms with Gasteiger partial charge < -0.3 is 9.47 Å². The first-order chi connectivity index (χ1) is 10.9. The Morgan fingerprint density at radius 1 is 1.04 bits per heavy atom. The SMILES string of the molecule is CCOC(=O)c1cc(C(=O)OCC)c(C)[n+](C)c1C.[O-][Cl+3]([O-])([O-])O. The van der Waals surface area contributed by atoms with Crippen LogP contribution in [0.5, 0.6) is 0 Å². The van der Waals surface area contributed by atoms with Crippen LogP contribution in [0.2, 0.25) is 0 Å². The molecule has 0 bridgehead atoms. The maximum absolute atomic E-state index is 11.9. The number of ether oxygens (including phenoxy) is 2. The molecule has 1 N–H and O–H groups in total. The van der Waals surface area contributed by atoms with Crippen molar-refractivity contribution in [2.24, 2.45) is 7.05 Å². The second-order valence-corrected chi connectivity index (χ2v) is 5.33. The second-order valence-electron chi connectivity index (χ2n) is 4.54. The summed E-state index contributed by atoms with van der Waals surface area (Å²) >= 11 is 0. The Balaban J connectivity index is 0.000000922. The molecule has 0 saturated carbocycles. The summed E-state index contributed by atoms with van der Waals surface area (Å²) in [5, 5.41) is 0. The molecule has 136 valence electrons. The first kappa shape index (κ1) is 22.2. The molecule has 0 aliphatic heterocycles. The summed E-state index contributed by atoms with van der Waals surface area (Å²) in [5.41, 5.74) is 2.28. The highest BCUT2D eigenvalue weighted by Gasteiger charge is 2.26. The second kappa shape index (κ2) is 9.50. The fourth-order valence-corrected chi connectivity index (χ4v) is 1.80. The predicted molar refractivity (Wildman–Crippen MR) is 71.2 cm³/mol. The van der Waals surface area contributed by atoms with E-state index in [4.69, 9.17) is 28.1 Å². The molecule has 0 atom stereocenters. The van der Waals surface area contributed by atoms with Crippen molar-refractivity contribution in [1.29, 1.82) is 0 Å². The number of esters is 2. The Hall–Kier alpha value is -1.78. The van der Waals surface area contributed by atoms with E-state index in [2.05, 4.69) is 0 Å². The van der Waals surface area contributed by atoms with Gasteiger partial charge in [0.05, 0.1) is 28.1 Å². The fourth-order valence-electron chi connectivity index (χ4n) is 1.80. The predicted octanol–water partition coefficient (Wildman–Crippen LogP) is -2.64. The third kappa shape index (κ3) is 7.20. The molecule has 0 amide bonds. The lowest BCUT2D eigenvalue weighted by atomic mass is 10.1. The highest BCUT2D eigenvalue weighted by atomic mass is 35.7. The quantitative estimate of drug-likeness (QED) is 0.449. The number of hydrogen-bond donors (Lipinski definition) is 1. The molecule has 0 aromatic carbocycles. The van der Waals surface area contributed by atoms with Gasteiger partial charge in [-0.25, -0.2) is 14.2 Å². The molecule has 0 aliphatic carbocycles. The summed E-state index contributed by atoms with van der Waals surface area (Å²) in [6, 6.07) is 1.54. The fraction of sp³-hybridized carbons (Fsp3) is 0.500. The molecule has 1 rings (SSSR count). The van der Waals surface area contributed by atoms with Crippen LogP contribution in [0.15, 0.2) is 6.07 Å². The van der Waals surface area contributed by atoms with Gasteiger partial charge >= 0.3 is 11.9 Å². The number of rotatable bonds is 4. The van der Waals surface area contributed by atoms with E-state index >= 15 is 0 Å². The minimum atomic E-state index is -4.69. The summed E-state index contributed by atoms with van der Waals surface area (Å²) in [7, 11) is -2.89. The normalized spacial score (nSPS) is 10.5. The first-order valence-corrected chi connectivity index (χ1v) is 8.18. The Morgan fingerprint density at radius 3 is 1.58 bits per heavy atom. The highest BCUT2D eigenvalue weighted by Crippen LogP contribution is 2.13. The summed E-state index contributed by atoms with van der Waals surface area (Å²) in [5.74, 6) is -0.859. The van der Waals surface area contributed by atoms with Gasteiger partial charge in [-0.2, -0.15) is 14.0 Å². The van der Waals surface area contributed by atoms with Gasteiger partial charge in [-0.1, -0.05) is 0 Å². The molecular formula is C14H21ClNO8+. The molecule has 0 unspecified atom stereocenters. The Morgan fingerprint density at radius 2 is 1.33 bits per heavy atom. The smallest absolute Gasteiger partial charge is 0.344 e. The Bertz CT molecular complexity index is 549. The zero-order valence-corrected chi connectivity index (χ0v) is 14.9. The van der Waals surface area contributed by atoms with Crippen molar-refractivity contribution in [1.82, 2.24) is 0 Å². The largest absolute Gasteiger partial charge is 0.462 e. The van der Waals surface area contributed by atoms with Gasteiger partial charge in [-0.15, -0.1) is 0 Å². The minimum absolute atomic E-state index is 0.296. The van der Waals surface area contributed by atoms with Gasteiger partial charge in [0.15, 0.2) is 11.4 Å². The van der Waals surface area contributed by atoms with Crippen LogP contribution in [-0.4, -0.2) is 29.8 Å². The standard InChI is InChI=1S/C14H20NO4.ClHO4/c1-6-18-13(16)11-8-12(14(17)19-7-2)10(4)15(5)9(11)3;2-1(3,4)5/h8H,6-7H2,1-5H3;(H,2,3,4,5)/q+1;. The maximum Gasteiger partial charge on any atom is 0.344 e. The van der Waals surface area contributed by atoms with E-state index in [9.17, 15) is 9.59 Å². The van der Waals surface area contributed by atoms with Crippen LogP contribution in [-0.2, 0) is 16.5 Å². The van der Waals surface area contributed by atoms with Crippen molar-refractivity contribution in [3.8, 4) is 0 Å². The summed E-state index contributed by atoms with van der Waals surface area (Å²) in [4.78, 5) is 23.7. The van der Waals surface area contributed by atoms with E-state index in [0.717, 1.165) is 11.4 Å². The molecule has 1 aromatic heterocycles. The molecule has 1 aromatic rings. The summed E-state index contributed by atoms with van der Waals surface area (Å²) < 4.78 is 44.5. The number of pyridine rings is 1. The third-order valence-corrected chi connectivity index (χ3v) is 3.07. The van der Waals surface area contributed by atoms with E-state index in [1.54, 1.807) is 31.5 Å². The molecule has 10 heteroatoms. The lowest BCUT2D eigenvalue weighted by Gasteiger charge is -2.09. The third-order valence-electron chi connectivity index (χ3n) is 3.07. The molecule has 0 spiro atoms. The van der Waals surface area contributed by atoms with Crippen LogP contribution in [0.1, 0.15) is 46.0 Å². The lowest BCUT2D eigenvalue weighted by Crippen LogP contribution is -2.58. The average Bonchev–Trinajstić information content (AvgIpc) is 2.43. The number of hydrogen-bond acceptors (Lipinski definition) is 8. The van der Waals surface area contributed by atoms with Gasteiger partial charge in [-0.05, 0) is 19.9 Å². The van der Waals surface area contributed by atoms with E-state index < -0.39 is 22.2 Å². The van der Waals surface area contributed by atoms with E-state index in [1.807, 2.05) is 13.8 Å². The molecule has 24 heavy (non-hydrogen) atoms. The van der Waals surface area contributed by atoms with Crippen LogP contribution in [0.3, 0.4) is 0 Å². The van der Waals surface area contributed by atoms with Gasteiger partial charge in [-0.3, -0.25) is 0 Å². The van der Waals surface area contributed by atoms with Gasteiger partial charge in [0, 0.05) is 13.8 Å². The molecule has 0 fully saturated rings. The molecule has 0 saturated heterocycles. The van der Waals surface area contributed by atoms with Crippen molar-refractivity contribution < 1.29 is 52.5 Å². The molecule has 0 aliphatic rings. The summed E-state index contributed by atoms with van der Waals surface area (Å²) in [6.07, 6.45) is 0. The van der Waals surface area contributed by atoms with Crippen molar-refractivity contribution in [2.45, 2.75) is 27.7 Å². The van der Waals surface area contributed by atoms with Crippen LogP contribution < -0.4 is 18.5 Å². The zero-order valence-electron chi connectivity index (χ0n) is 14.1. The van der Waals surface area contributed by atoms with Crippen LogP contribution >= 0.6 is 0 Å². The van der Waals surface area contributed by atoms with E-state index in [1.165, 1.54) is 0 Å². The number of carbonyl (C=O) groups excluding carboxylic acids is 2. The Labute approximate surface area is 141 Å². The molecule has 9 nitrogen and oxygen atoms in total.